The minimum absolute atomic E-state index is 0.0508. The highest BCUT2D eigenvalue weighted by atomic mass is 16.4. The van der Waals surface area contributed by atoms with E-state index < -0.39 is 5.97 Å². The van der Waals surface area contributed by atoms with Crippen LogP contribution in [0.15, 0.2) is 0 Å². The third kappa shape index (κ3) is 4.61. The van der Waals surface area contributed by atoms with Crippen LogP contribution in [0.1, 0.15) is 38.5 Å². The lowest BCUT2D eigenvalue weighted by atomic mass is 10.1. The molecule has 0 spiro atoms. The minimum Gasteiger partial charge on any atom is -0.481 e. The van der Waals surface area contributed by atoms with Gasteiger partial charge in [-0.15, -0.1) is 0 Å². The first-order valence-corrected chi connectivity index (χ1v) is 5.67. The first-order chi connectivity index (χ1) is 7.58. The number of hydrogen-bond acceptors (Lipinski definition) is 3. The number of nitrogens with one attached hydrogen (secondary N) is 1. The largest absolute Gasteiger partial charge is 0.481 e. The fraction of sp³-hybridized carbons (Fsp3) is 0.818. The summed E-state index contributed by atoms with van der Waals surface area (Å²) in [4.78, 5) is 21.6. The Morgan fingerprint density at radius 1 is 1.19 bits per heavy atom. The summed E-state index contributed by atoms with van der Waals surface area (Å²) in [6.07, 6.45) is 3.58. The van der Waals surface area contributed by atoms with Gasteiger partial charge in [0.25, 0.3) is 0 Å². The van der Waals surface area contributed by atoms with Gasteiger partial charge in [-0.05, 0) is 25.7 Å². The number of carboxylic acids is 1. The molecule has 0 atom stereocenters. The maximum atomic E-state index is 11.3. The molecule has 92 valence electrons. The molecule has 1 aliphatic rings. The predicted octanol–water partition coefficient (Wildman–Crippen LogP) is 0.520. The predicted molar refractivity (Wildman–Crippen MR) is 57.9 cm³/mol. The van der Waals surface area contributed by atoms with Crippen molar-refractivity contribution in [2.45, 2.75) is 38.5 Å². The molecule has 0 aromatic carbocycles. The zero-order valence-electron chi connectivity index (χ0n) is 9.37. The van der Waals surface area contributed by atoms with E-state index in [1.54, 1.807) is 0 Å². The van der Waals surface area contributed by atoms with Crippen molar-refractivity contribution < 1.29 is 19.8 Å². The first kappa shape index (κ1) is 13.0. The van der Waals surface area contributed by atoms with Gasteiger partial charge in [-0.1, -0.05) is 0 Å². The fourth-order valence-electron chi connectivity index (χ4n) is 1.50. The molecule has 1 fully saturated rings. The molecule has 1 aliphatic carbocycles. The fourth-order valence-corrected chi connectivity index (χ4v) is 1.50. The number of carbonyl (C=O) groups excluding carboxylic acids is 1. The van der Waals surface area contributed by atoms with Gasteiger partial charge in [0.1, 0.15) is 0 Å². The van der Waals surface area contributed by atoms with Crippen LogP contribution in [0.4, 0.5) is 0 Å². The maximum absolute atomic E-state index is 11.3. The molecule has 0 heterocycles. The zero-order valence-corrected chi connectivity index (χ0v) is 9.37. The van der Waals surface area contributed by atoms with E-state index in [9.17, 15) is 9.59 Å². The average Bonchev–Trinajstić information content (AvgIpc) is 3.02. The van der Waals surface area contributed by atoms with E-state index in [0.717, 1.165) is 12.8 Å². The van der Waals surface area contributed by atoms with Gasteiger partial charge in [0.15, 0.2) is 0 Å². The van der Waals surface area contributed by atoms with Crippen molar-refractivity contribution in [2.75, 3.05) is 13.2 Å². The van der Waals surface area contributed by atoms with Gasteiger partial charge in [-0.25, -0.2) is 0 Å². The summed E-state index contributed by atoms with van der Waals surface area (Å²) in [6.45, 7) is 0.674. The van der Waals surface area contributed by atoms with Crippen LogP contribution >= 0.6 is 0 Å². The molecule has 0 bridgehead atoms. The van der Waals surface area contributed by atoms with Crippen LogP contribution in [0.25, 0.3) is 0 Å². The summed E-state index contributed by atoms with van der Waals surface area (Å²) in [7, 11) is 0. The molecule has 0 aromatic rings. The van der Waals surface area contributed by atoms with Gasteiger partial charge in [0.05, 0.1) is 6.61 Å². The van der Waals surface area contributed by atoms with Crippen molar-refractivity contribution in [1.82, 2.24) is 5.32 Å². The van der Waals surface area contributed by atoms with E-state index in [2.05, 4.69) is 5.32 Å². The van der Waals surface area contributed by atoms with Crippen molar-refractivity contribution in [1.29, 1.82) is 0 Å². The molecule has 3 N–H and O–H groups in total. The molecule has 0 aliphatic heterocycles. The normalized spacial score (nSPS) is 16.8. The van der Waals surface area contributed by atoms with Gasteiger partial charge in [0.2, 0.25) is 5.91 Å². The number of aliphatic hydroxyl groups excluding tert-OH is 1. The van der Waals surface area contributed by atoms with Crippen LogP contribution in [-0.2, 0) is 9.59 Å². The van der Waals surface area contributed by atoms with Gasteiger partial charge >= 0.3 is 5.97 Å². The van der Waals surface area contributed by atoms with Gasteiger partial charge in [0, 0.05) is 24.8 Å². The summed E-state index contributed by atoms with van der Waals surface area (Å²) in [5, 5.41) is 20.2. The maximum Gasteiger partial charge on any atom is 0.303 e. The molecule has 16 heavy (non-hydrogen) atoms. The number of carbonyl (C=O) groups is 2. The summed E-state index contributed by atoms with van der Waals surface area (Å²) in [6, 6.07) is 0. The molecular formula is C11H19NO4. The van der Waals surface area contributed by atoms with Crippen LogP contribution in [0, 0.1) is 5.41 Å². The molecule has 1 saturated carbocycles. The third-order valence-corrected chi connectivity index (χ3v) is 3.00. The number of unbranched alkanes of at least 4 members (excludes halogenated alkanes) is 1. The lowest BCUT2D eigenvalue weighted by Gasteiger charge is -2.12. The minimum atomic E-state index is -0.822. The standard InChI is InChI=1S/C11H19NO4/c13-8-11(5-6-11)7-12-9(14)3-1-2-4-10(15)16/h13H,1-8H2,(H,12,14)(H,15,16). The Labute approximate surface area is 94.8 Å². The topological polar surface area (TPSA) is 86.6 Å². The van der Waals surface area contributed by atoms with Crippen molar-refractivity contribution in [2.24, 2.45) is 5.41 Å². The lowest BCUT2D eigenvalue weighted by Crippen LogP contribution is -2.31. The quantitative estimate of drug-likeness (QED) is 0.530. The molecule has 0 aromatic heterocycles. The molecule has 0 radical (unpaired) electrons. The summed E-state index contributed by atoms with van der Waals surface area (Å²) >= 11 is 0. The number of rotatable bonds is 8. The molecule has 5 nitrogen and oxygen atoms in total. The van der Waals surface area contributed by atoms with E-state index in [1.807, 2.05) is 0 Å². The van der Waals surface area contributed by atoms with E-state index in [-0.39, 0.29) is 24.3 Å². The second-order valence-corrected chi connectivity index (χ2v) is 4.54. The highest BCUT2D eigenvalue weighted by Crippen LogP contribution is 2.44. The Kier molecular flexibility index (Phi) is 4.73. The van der Waals surface area contributed by atoms with E-state index >= 15 is 0 Å². The summed E-state index contributed by atoms with van der Waals surface area (Å²) < 4.78 is 0. The highest BCUT2D eigenvalue weighted by Gasteiger charge is 2.41. The Bertz CT molecular complexity index is 261. The second-order valence-electron chi connectivity index (χ2n) is 4.54. The molecule has 0 saturated heterocycles. The smallest absolute Gasteiger partial charge is 0.303 e. The van der Waals surface area contributed by atoms with Crippen LogP contribution in [-0.4, -0.2) is 35.2 Å². The van der Waals surface area contributed by atoms with Gasteiger partial charge < -0.3 is 15.5 Å². The van der Waals surface area contributed by atoms with E-state index in [4.69, 9.17) is 10.2 Å². The van der Waals surface area contributed by atoms with Crippen LogP contribution < -0.4 is 5.32 Å². The SMILES string of the molecule is O=C(O)CCCCC(=O)NCC1(CO)CC1. The number of aliphatic carboxylic acids is 1. The monoisotopic (exact) mass is 229 g/mol. The molecular weight excluding hydrogens is 210 g/mol. The first-order valence-electron chi connectivity index (χ1n) is 5.67. The number of aliphatic hydroxyl groups is 1. The molecule has 1 rings (SSSR count). The van der Waals surface area contributed by atoms with Crippen LogP contribution in [0.2, 0.25) is 0 Å². The molecule has 5 heteroatoms. The lowest BCUT2D eigenvalue weighted by molar-refractivity contribution is -0.137. The Morgan fingerprint density at radius 3 is 2.31 bits per heavy atom. The van der Waals surface area contributed by atoms with Crippen LogP contribution in [0.3, 0.4) is 0 Å². The number of hydrogen-bond donors (Lipinski definition) is 3. The summed E-state index contributed by atoms with van der Waals surface area (Å²) in [5.74, 6) is -0.872. The highest BCUT2D eigenvalue weighted by molar-refractivity contribution is 5.76. The van der Waals surface area contributed by atoms with Crippen molar-refractivity contribution in [3.8, 4) is 0 Å². The van der Waals surface area contributed by atoms with Gasteiger partial charge in [-0.3, -0.25) is 9.59 Å². The second kappa shape index (κ2) is 5.84. The number of carboxylic acid groups (broad SMARTS) is 1. The molecule has 1 amide bonds. The zero-order chi connectivity index (χ0) is 12.0. The number of amides is 1. The Balaban J connectivity index is 2.01. The van der Waals surface area contributed by atoms with Crippen molar-refractivity contribution in [3.63, 3.8) is 0 Å². The summed E-state index contributed by atoms with van der Waals surface area (Å²) in [5.41, 5.74) is -0.0588. The van der Waals surface area contributed by atoms with E-state index in [0.29, 0.717) is 25.8 Å². The average molecular weight is 229 g/mol. The molecule has 0 unspecified atom stereocenters. The van der Waals surface area contributed by atoms with Gasteiger partial charge in [-0.2, -0.15) is 0 Å². The Hall–Kier alpha value is -1.10. The Morgan fingerprint density at radius 2 is 1.81 bits per heavy atom. The third-order valence-electron chi connectivity index (χ3n) is 3.00. The van der Waals surface area contributed by atoms with Crippen molar-refractivity contribution >= 4 is 11.9 Å². The van der Waals surface area contributed by atoms with Crippen LogP contribution in [0.5, 0.6) is 0 Å². The van der Waals surface area contributed by atoms with Crippen molar-refractivity contribution in [3.05, 3.63) is 0 Å². The van der Waals surface area contributed by atoms with E-state index in [1.165, 1.54) is 0 Å².